The minimum absolute atomic E-state index is 0.110. The van der Waals surface area contributed by atoms with Crippen molar-refractivity contribution in [2.45, 2.75) is 6.42 Å². The van der Waals surface area contributed by atoms with Crippen molar-refractivity contribution in [2.75, 3.05) is 12.1 Å². The molecule has 0 radical (unpaired) electrons. The Bertz CT molecular complexity index is 924. The Labute approximate surface area is 147 Å². The number of fused-ring (bicyclic) bond motifs is 1. The molecule has 0 bridgehead atoms. The molecule has 1 amide bonds. The number of aromatic nitrogens is 1. The van der Waals surface area contributed by atoms with Crippen molar-refractivity contribution < 1.29 is 18.7 Å². The van der Waals surface area contributed by atoms with Crippen LogP contribution in [0.3, 0.4) is 0 Å². The highest BCUT2D eigenvalue weighted by Crippen LogP contribution is 2.35. The third-order valence-electron chi connectivity index (χ3n) is 3.71. The predicted octanol–water partition coefficient (Wildman–Crippen LogP) is 3.85. The zero-order chi connectivity index (χ0) is 17.2. The van der Waals surface area contributed by atoms with E-state index in [4.69, 9.17) is 9.47 Å². The molecule has 126 valence electrons. The molecule has 0 aliphatic carbocycles. The van der Waals surface area contributed by atoms with Crippen LogP contribution in [0.4, 0.5) is 9.52 Å². The summed E-state index contributed by atoms with van der Waals surface area (Å²) in [5, 5.41) is 3.27. The Morgan fingerprint density at radius 3 is 2.88 bits per heavy atom. The number of anilines is 1. The van der Waals surface area contributed by atoms with Crippen LogP contribution < -0.4 is 14.8 Å². The van der Waals surface area contributed by atoms with Gasteiger partial charge in [0.05, 0.1) is 5.56 Å². The van der Waals surface area contributed by atoms with E-state index in [1.54, 1.807) is 36.5 Å². The molecular formula is C18H13FN2O3S. The number of ether oxygens (including phenoxy) is 2. The highest BCUT2D eigenvalue weighted by Gasteiger charge is 2.22. The van der Waals surface area contributed by atoms with E-state index in [2.05, 4.69) is 10.3 Å². The van der Waals surface area contributed by atoms with Gasteiger partial charge in [0.15, 0.2) is 16.6 Å². The Kier molecular flexibility index (Phi) is 4.07. The molecule has 0 spiro atoms. The first-order chi connectivity index (χ1) is 12.2. The molecule has 0 unspecified atom stereocenters. The second-order valence-corrected chi connectivity index (χ2v) is 6.54. The van der Waals surface area contributed by atoms with Crippen LogP contribution in [0.25, 0.3) is 0 Å². The standard InChI is InChI=1S/C18H13FN2O3S/c19-12-6-4-11(5-7-12)8-13-9-20-18(25-13)21-17(22)14-2-1-3-15-16(14)24-10-23-15/h1-7,9H,8,10H2,(H,20,21,22). The molecule has 0 saturated heterocycles. The SMILES string of the molecule is O=C(Nc1ncc(Cc2ccc(F)cc2)s1)c1cccc2c1OCO2. The summed E-state index contributed by atoms with van der Waals surface area (Å²) in [4.78, 5) is 17.7. The van der Waals surface area contributed by atoms with E-state index >= 15 is 0 Å². The summed E-state index contributed by atoms with van der Waals surface area (Å²) in [5.74, 6) is 0.444. The number of carbonyl (C=O) groups is 1. The van der Waals surface area contributed by atoms with Gasteiger partial charge in [-0.3, -0.25) is 10.1 Å². The number of halogens is 1. The van der Waals surface area contributed by atoms with Gasteiger partial charge >= 0.3 is 0 Å². The second-order valence-electron chi connectivity index (χ2n) is 5.43. The first-order valence-corrected chi connectivity index (χ1v) is 8.40. The fourth-order valence-corrected chi connectivity index (χ4v) is 3.37. The minimum atomic E-state index is -0.301. The van der Waals surface area contributed by atoms with Gasteiger partial charge in [0, 0.05) is 17.5 Å². The van der Waals surface area contributed by atoms with Crippen molar-refractivity contribution in [3.05, 3.63) is 70.5 Å². The van der Waals surface area contributed by atoms with E-state index in [0.717, 1.165) is 10.4 Å². The van der Waals surface area contributed by atoms with Gasteiger partial charge in [-0.1, -0.05) is 18.2 Å². The smallest absolute Gasteiger partial charge is 0.261 e. The van der Waals surface area contributed by atoms with Crippen LogP contribution in [0.1, 0.15) is 20.8 Å². The highest BCUT2D eigenvalue weighted by molar-refractivity contribution is 7.15. The third kappa shape index (κ3) is 3.32. The molecule has 2 aromatic carbocycles. The van der Waals surface area contributed by atoms with Gasteiger partial charge in [-0.15, -0.1) is 11.3 Å². The molecule has 5 nitrogen and oxygen atoms in total. The van der Waals surface area contributed by atoms with Gasteiger partial charge in [0.2, 0.25) is 6.79 Å². The van der Waals surface area contributed by atoms with Gasteiger partial charge in [-0.05, 0) is 29.8 Å². The largest absolute Gasteiger partial charge is 0.454 e. The normalized spacial score (nSPS) is 12.2. The van der Waals surface area contributed by atoms with Crippen LogP contribution in [0.2, 0.25) is 0 Å². The van der Waals surface area contributed by atoms with Crippen LogP contribution in [0.5, 0.6) is 11.5 Å². The van der Waals surface area contributed by atoms with Crippen molar-refractivity contribution in [3.63, 3.8) is 0 Å². The van der Waals surface area contributed by atoms with Crippen LogP contribution >= 0.6 is 11.3 Å². The summed E-state index contributed by atoms with van der Waals surface area (Å²) in [7, 11) is 0. The lowest BCUT2D eigenvalue weighted by Gasteiger charge is -2.05. The number of para-hydroxylation sites is 1. The third-order valence-corrected chi connectivity index (χ3v) is 4.62. The van der Waals surface area contributed by atoms with Crippen LogP contribution in [0.15, 0.2) is 48.7 Å². The zero-order valence-corrected chi connectivity index (χ0v) is 13.8. The Morgan fingerprint density at radius 2 is 2.04 bits per heavy atom. The fourth-order valence-electron chi connectivity index (χ4n) is 2.52. The molecule has 0 fully saturated rings. The van der Waals surface area contributed by atoms with Crippen molar-refractivity contribution in [3.8, 4) is 11.5 Å². The maximum absolute atomic E-state index is 13.0. The van der Waals surface area contributed by atoms with Gasteiger partial charge < -0.3 is 9.47 Å². The molecule has 4 rings (SSSR count). The van der Waals surface area contributed by atoms with E-state index < -0.39 is 0 Å². The van der Waals surface area contributed by atoms with Crippen molar-refractivity contribution in [2.24, 2.45) is 0 Å². The van der Waals surface area contributed by atoms with Gasteiger partial charge in [0.1, 0.15) is 5.82 Å². The number of benzene rings is 2. The van der Waals surface area contributed by atoms with Crippen molar-refractivity contribution in [1.82, 2.24) is 4.98 Å². The van der Waals surface area contributed by atoms with E-state index in [-0.39, 0.29) is 18.5 Å². The Hall–Kier alpha value is -2.93. The molecule has 25 heavy (non-hydrogen) atoms. The minimum Gasteiger partial charge on any atom is -0.454 e. The number of rotatable bonds is 4. The summed E-state index contributed by atoms with van der Waals surface area (Å²) >= 11 is 1.38. The molecule has 1 N–H and O–H groups in total. The summed E-state index contributed by atoms with van der Waals surface area (Å²) in [6.45, 7) is 0.110. The lowest BCUT2D eigenvalue weighted by atomic mass is 10.1. The van der Waals surface area contributed by atoms with Crippen molar-refractivity contribution >= 4 is 22.4 Å². The van der Waals surface area contributed by atoms with Gasteiger partial charge in [-0.2, -0.15) is 0 Å². The van der Waals surface area contributed by atoms with E-state index in [1.165, 1.54) is 23.5 Å². The molecule has 2 heterocycles. The molecule has 3 aromatic rings. The number of hydrogen-bond donors (Lipinski definition) is 1. The monoisotopic (exact) mass is 356 g/mol. The van der Waals surface area contributed by atoms with Crippen LogP contribution in [-0.4, -0.2) is 17.7 Å². The fraction of sp³-hybridized carbons (Fsp3) is 0.111. The first kappa shape index (κ1) is 15.6. The summed E-state index contributed by atoms with van der Waals surface area (Å²) in [6.07, 6.45) is 2.34. The van der Waals surface area contributed by atoms with Crippen LogP contribution in [0, 0.1) is 5.82 Å². The maximum Gasteiger partial charge on any atom is 0.261 e. The average Bonchev–Trinajstić information content (AvgIpc) is 3.25. The van der Waals surface area contributed by atoms with Gasteiger partial charge in [-0.25, -0.2) is 9.37 Å². The molecule has 1 aromatic heterocycles. The number of thiazole rings is 1. The number of nitrogens with one attached hydrogen (secondary N) is 1. The number of carbonyl (C=O) groups excluding carboxylic acids is 1. The predicted molar refractivity (Wildman–Crippen MR) is 91.8 cm³/mol. The topological polar surface area (TPSA) is 60.5 Å². The molecule has 0 saturated carbocycles. The zero-order valence-electron chi connectivity index (χ0n) is 13.0. The molecule has 7 heteroatoms. The van der Waals surface area contributed by atoms with E-state index in [9.17, 15) is 9.18 Å². The highest BCUT2D eigenvalue weighted by atomic mass is 32.1. The number of nitrogens with zero attached hydrogens (tertiary/aromatic N) is 1. The lowest BCUT2D eigenvalue weighted by Crippen LogP contribution is -2.12. The maximum atomic E-state index is 13.0. The Morgan fingerprint density at radius 1 is 1.20 bits per heavy atom. The van der Waals surface area contributed by atoms with Crippen molar-refractivity contribution in [1.29, 1.82) is 0 Å². The summed E-state index contributed by atoms with van der Waals surface area (Å²) < 4.78 is 23.6. The number of amides is 1. The quantitative estimate of drug-likeness (QED) is 0.771. The van der Waals surface area contributed by atoms with E-state index in [0.29, 0.717) is 28.6 Å². The summed E-state index contributed by atoms with van der Waals surface area (Å²) in [6, 6.07) is 11.5. The lowest BCUT2D eigenvalue weighted by molar-refractivity contribution is 0.102. The molecule has 0 atom stereocenters. The molecular weight excluding hydrogens is 343 g/mol. The Balaban J connectivity index is 1.47. The summed E-state index contributed by atoms with van der Waals surface area (Å²) in [5.41, 5.74) is 1.39. The second kappa shape index (κ2) is 6.52. The van der Waals surface area contributed by atoms with E-state index in [1.807, 2.05) is 0 Å². The number of hydrogen-bond acceptors (Lipinski definition) is 5. The average molecular weight is 356 g/mol. The first-order valence-electron chi connectivity index (χ1n) is 7.58. The van der Waals surface area contributed by atoms with Crippen LogP contribution in [-0.2, 0) is 6.42 Å². The molecule has 1 aliphatic heterocycles. The molecule has 1 aliphatic rings. The van der Waals surface area contributed by atoms with Gasteiger partial charge in [0.25, 0.3) is 5.91 Å².